The Kier molecular flexibility index (Phi) is 2.28. The van der Waals surface area contributed by atoms with Crippen molar-refractivity contribution in [3.8, 4) is 0 Å². The molecule has 1 N–H and O–H groups in total. The van der Waals surface area contributed by atoms with Crippen molar-refractivity contribution < 1.29 is 19.4 Å². The monoisotopic (exact) mass is 236 g/mol. The smallest absolute Gasteiger partial charge is 0.307 e. The second kappa shape index (κ2) is 3.59. The van der Waals surface area contributed by atoms with E-state index >= 15 is 0 Å². The first-order chi connectivity index (χ1) is 8.11. The molecule has 0 aromatic rings. The molecule has 92 valence electrons. The molecule has 2 aliphatic carbocycles. The van der Waals surface area contributed by atoms with E-state index in [1.54, 1.807) is 0 Å². The molecule has 1 heterocycles. The molecular weight excluding hydrogens is 220 g/mol. The van der Waals surface area contributed by atoms with E-state index in [0.717, 1.165) is 12.8 Å². The van der Waals surface area contributed by atoms with Crippen LogP contribution < -0.4 is 0 Å². The van der Waals surface area contributed by atoms with E-state index in [1.807, 2.05) is 6.08 Å². The molecule has 0 spiro atoms. The fourth-order valence-electron chi connectivity index (χ4n) is 3.79. The number of esters is 1. The molecule has 0 aromatic carbocycles. The summed E-state index contributed by atoms with van der Waals surface area (Å²) < 4.78 is 4.97. The van der Waals surface area contributed by atoms with Gasteiger partial charge in [0, 0.05) is 6.42 Å². The highest BCUT2D eigenvalue weighted by Crippen LogP contribution is 2.58. The maximum absolute atomic E-state index is 11.4. The SMILES string of the molecule is O=C1CC(C23C=CC(C2)C(C(=O)O)C3)CCO1. The fourth-order valence-corrected chi connectivity index (χ4v) is 3.79. The van der Waals surface area contributed by atoms with Gasteiger partial charge in [0.1, 0.15) is 0 Å². The van der Waals surface area contributed by atoms with Crippen molar-refractivity contribution in [2.75, 3.05) is 6.61 Å². The van der Waals surface area contributed by atoms with Gasteiger partial charge in [-0.25, -0.2) is 0 Å². The molecule has 3 rings (SSSR count). The first-order valence-corrected chi connectivity index (χ1v) is 6.18. The average molecular weight is 236 g/mol. The Bertz CT molecular complexity index is 400. The fraction of sp³-hybridized carbons (Fsp3) is 0.692. The summed E-state index contributed by atoms with van der Waals surface area (Å²) in [5.41, 5.74) is -0.0484. The molecule has 4 atom stereocenters. The van der Waals surface area contributed by atoms with E-state index in [9.17, 15) is 14.7 Å². The van der Waals surface area contributed by atoms with Gasteiger partial charge < -0.3 is 9.84 Å². The maximum Gasteiger partial charge on any atom is 0.307 e. The number of carboxylic acids is 1. The van der Waals surface area contributed by atoms with Gasteiger partial charge in [-0.15, -0.1) is 0 Å². The van der Waals surface area contributed by atoms with Gasteiger partial charge >= 0.3 is 11.9 Å². The highest BCUT2D eigenvalue weighted by Gasteiger charge is 2.54. The minimum atomic E-state index is -0.695. The van der Waals surface area contributed by atoms with E-state index in [4.69, 9.17) is 4.74 Å². The number of cyclic esters (lactones) is 1. The van der Waals surface area contributed by atoms with Crippen LogP contribution in [0.4, 0.5) is 0 Å². The zero-order chi connectivity index (χ0) is 12.0. The first kappa shape index (κ1) is 10.8. The number of rotatable bonds is 2. The van der Waals surface area contributed by atoms with Gasteiger partial charge in [0.05, 0.1) is 12.5 Å². The lowest BCUT2D eigenvalue weighted by atomic mass is 9.70. The van der Waals surface area contributed by atoms with E-state index in [1.165, 1.54) is 0 Å². The Morgan fingerprint density at radius 1 is 1.47 bits per heavy atom. The zero-order valence-corrected chi connectivity index (χ0v) is 9.59. The number of hydrogen-bond acceptors (Lipinski definition) is 3. The van der Waals surface area contributed by atoms with Crippen LogP contribution in [0, 0.1) is 23.2 Å². The molecular formula is C13H16O4. The highest BCUT2D eigenvalue weighted by molar-refractivity contribution is 5.73. The van der Waals surface area contributed by atoms with Gasteiger partial charge in [-0.3, -0.25) is 9.59 Å². The molecule has 4 heteroatoms. The minimum absolute atomic E-state index is 0.0484. The van der Waals surface area contributed by atoms with Crippen LogP contribution in [-0.4, -0.2) is 23.7 Å². The molecule has 2 bridgehead atoms. The van der Waals surface area contributed by atoms with Gasteiger partial charge in [-0.1, -0.05) is 12.2 Å². The third kappa shape index (κ3) is 1.58. The highest BCUT2D eigenvalue weighted by atomic mass is 16.5. The second-order valence-corrected chi connectivity index (χ2v) is 5.52. The molecule has 0 aromatic heterocycles. The van der Waals surface area contributed by atoms with Crippen LogP contribution in [0.5, 0.6) is 0 Å². The lowest BCUT2D eigenvalue weighted by Crippen LogP contribution is -2.33. The maximum atomic E-state index is 11.4. The predicted octanol–water partition coefficient (Wildman–Crippen LogP) is 1.61. The summed E-state index contributed by atoms with van der Waals surface area (Å²) in [5, 5.41) is 9.17. The molecule has 1 saturated carbocycles. The van der Waals surface area contributed by atoms with Crippen LogP contribution >= 0.6 is 0 Å². The van der Waals surface area contributed by atoms with Crippen LogP contribution in [0.25, 0.3) is 0 Å². The Balaban J connectivity index is 1.81. The molecule has 0 radical (unpaired) electrons. The van der Waals surface area contributed by atoms with Crippen LogP contribution in [-0.2, 0) is 14.3 Å². The van der Waals surface area contributed by atoms with E-state index in [0.29, 0.717) is 19.4 Å². The Labute approximate surface area is 99.6 Å². The van der Waals surface area contributed by atoms with E-state index < -0.39 is 5.97 Å². The van der Waals surface area contributed by atoms with Crippen molar-refractivity contribution in [1.29, 1.82) is 0 Å². The second-order valence-electron chi connectivity index (χ2n) is 5.52. The summed E-state index contributed by atoms with van der Waals surface area (Å²) in [6.07, 6.45) is 7.13. The third-order valence-corrected chi connectivity index (χ3v) is 4.68. The molecule has 0 amide bonds. The van der Waals surface area contributed by atoms with Crippen LogP contribution in [0.2, 0.25) is 0 Å². The summed E-state index contributed by atoms with van der Waals surface area (Å²) >= 11 is 0. The number of ether oxygens (including phenoxy) is 1. The standard InChI is InChI=1S/C13H16O4/c14-11-5-9(2-4-17-11)13-3-1-8(6-13)10(7-13)12(15)16/h1,3,8-10H,2,4-7H2,(H,15,16). The molecule has 1 aliphatic heterocycles. The van der Waals surface area contributed by atoms with Crippen molar-refractivity contribution in [2.45, 2.75) is 25.7 Å². The van der Waals surface area contributed by atoms with Crippen molar-refractivity contribution in [3.63, 3.8) is 0 Å². The molecule has 17 heavy (non-hydrogen) atoms. The summed E-state index contributed by atoms with van der Waals surface area (Å²) in [5.74, 6) is -0.636. The van der Waals surface area contributed by atoms with Crippen LogP contribution in [0.1, 0.15) is 25.7 Å². The number of allylic oxidation sites excluding steroid dienone is 2. The van der Waals surface area contributed by atoms with Crippen molar-refractivity contribution >= 4 is 11.9 Å². The Morgan fingerprint density at radius 3 is 2.94 bits per heavy atom. The number of carbonyl (C=O) groups is 2. The largest absolute Gasteiger partial charge is 0.481 e. The number of carbonyl (C=O) groups excluding carboxylic acids is 1. The molecule has 4 unspecified atom stereocenters. The Morgan fingerprint density at radius 2 is 2.29 bits per heavy atom. The summed E-state index contributed by atoms with van der Waals surface area (Å²) in [6.45, 7) is 0.488. The van der Waals surface area contributed by atoms with Gasteiger partial charge in [-0.05, 0) is 36.5 Å². The van der Waals surface area contributed by atoms with E-state index in [2.05, 4.69) is 6.08 Å². The Hall–Kier alpha value is -1.32. The molecule has 1 saturated heterocycles. The summed E-state index contributed by atoms with van der Waals surface area (Å²) in [7, 11) is 0. The normalized spacial score (nSPS) is 43.8. The van der Waals surface area contributed by atoms with Gasteiger partial charge in [-0.2, -0.15) is 0 Å². The lowest BCUT2D eigenvalue weighted by molar-refractivity contribution is -0.151. The molecule has 2 fully saturated rings. The minimum Gasteiger partial charge on any atom is -0.481 e. The lowest BCUT2D eigenvalue weighted by Gasteiger charge is -2.36. The van der Waals surface area contributed by atoms with Gasteiger partial charge in [0.2, 0.25) is 0 Å². The van der Waals surface area contributed by atoms with E-state index in [-0.39, 0.29) is 29.1 Å². The van der Waals surface area contributed by atoms with Crippen LogP contribution in [0.3, 0.4) is 0 Å². The zero-order valence-electron chi connectivity index (χ0n) is 9.59. The summed E-state index contributed by atoms with van der Waals surface area (Å²) in [4.78, 5) is 22.5. The van der Waals surface area contributed by atoms with Crippen molar-refractivity contribution in [1.82, 2.24) is 0 Å². The van der Waals surface area contributed by atoms with Gasteiger partial charge in [0.25, 0.3) is 0 Å². The van der Waals surface area contributed by atoms with Crippen molar-refractivity contribution in [2.24, 2.45) is 23.2 Å². The quantitative estimate of drug-likeness (QED) is 0.584. The van der Waals surface area contributed by atoms with Gasteiger partial charge in [0.15, 0.2) is 0 Å². The number of aliphatic carboxylic acids is 1. The topological polar surface area (TPSA) is 63.6 Å². The first-order valence-electron chi connectivity index (χ1n) is 6.18. The number of carboxylic acid groups (broad SMARTS) is 1. The number of hydrogen-bond donors (Lipinski definition) is 1. The third-order valence-electron chi connectivity index (χ3n) is 4.68. The van der Waals surface area contributed by atoms with Crippen molar-refractivity contribution in [3.05, 3.63) is 12.2 Å². The van der Waals surface area contributed by atoms with Crippen LogP contribution in [0.15, 0.2) is 12.2 Å². The predicted molar refractivity (Wildman–Crippen MR) is 59.1 cm³/mol. The average Bonchev–Trinajstić information content (AvgIpc) is 2.87. The summed E-state index contributed by atoms with van der Waals surface area (Å²) in [6, 6.07) is 0. The number of fused-ring (bicyclic) bond motifs is 2. The molecule has 3 aliphatic rings. The molecule has 4 nitrogen and oxygen atoms in total.